The second-order valence-corrected chi connectivity index (χ2v) is 5.97. The summed E-state index contributed by atoms with van der Waals surface area (Å²) < 4.78 is 2.83. The maximum absolute atomic E-state index is 9.85. The van der Waals surface area contributed by atoms with Crippen LogP contribution >= 0.6 is 15.9 Å². The minimum Gasteiger partial charge on any atom is -0.391 e. The number of aliphatic hydroxyl groups excluding tert-OH is 1. The lowest BCUT2D eigenvalue weighted by atomic mass is 10.2. The van der Waals surface area contributed by atoms with E-state index in [1.807, 2.05) is 31.2 Å². The van der Waals surface area contributed by atoms with Crippen LogP contribution in [0.2, 0.25) is 0 Å². The molecule has 0 unspecified atom stereocenters. The van der Waals surface area contributed by atoms with E-state index < -0.39 is 0 Å². The maximum Gasteiger partial charge on any atom is 0.246 e. The second kappa shape index (κ2) is 5.49. The summed E-state index contributed by atoms with van der Waals surface area (Å²) in [6, 6.07) is 8.13. The number of rotatable bonds is 3. The third-order valence-corrected chi connectivity index (χ3v) is 4.26. The van der Waals surface area contributed by atoms with Gasteiger partial charge in [-0.3, -0.25) is 0 Å². The number of hydrogen-bond acceptors (Lipinski definition) is 5. The number of anilines is 1. The molecule has 6 nitrogen and oxygen atoms in total. The normalized spacial score (nSPS) is 22.4. The summed E-state index contributed by atoms with van der Waals surface area (Å²) in [5, 5.41) is 21.8. The Hall–Kier alpha value is -1.47. The molecular weight excluding hydrogens is 322 g/mol. The van der Waals surface area contributed by atoms with Gasteiger partial charge < -0.3 is 10.0 Å². The van der Waals surface area contributed by atoms with Gasteiger partial charge in [-0.2, -0.15) is 0 Å². The number of nitrogens with zero attached hydrogens (tertiary/aromatic N) is 5. The van der Waals surface area contributed by atoms with Crippen LogP contribution in [0.15, 0.2) is 28.7 Å². The summed E-state index contributed by atoms with van der Waals surface area (Å²) in [7, 11) is 0. The maximum atomic E-state index is 9.85. The summed E-state index contributed by atoms with van der Waals surface area (Å²) >= 11 is 3.42. The van der Waals surface area contributed by atoms with Crippen LogP contribution < -0.4 is 4.90 Å². The van der Waals surface area contributed by atoms with Crippen LogP contribution in [0.4, 0.5) is 5.95 Å². The number of hydrogen-bond donors (Lipinski definition) is 1. The highest BCUT2D eigenvalue weighted by Gasteiger charge is 2.32. The molecule has 2 atom stereocenters. The van der Waals surface area contributed by atoms with Gasteiger partial charge in [0.2, 0.25) is 5.95 Å². The van der Waals surface area contributed by atoms with Crippen molar-refractivity contribution in [2.75, 3.05) is 11.4 Å². The SMILES string of the molecule is C[C@@H]1[C@H](O)CCN1c1nnnn1Cc1ccc(Br)cc1. The first-order valence-electron chi connectivity index (χ1n) is 6.60. The molecule has 0 bridgehead atoms. The third kappa shape index (κ3) is 2.55. The van der Waals surface area contributed by atoms with Crippen LogP contribution in [0, 0.1) is 0 Å². The van der Waals surface area contributed by atoms with E-state index in [9.17, 15) is 5.11 Å². The molecule has 1 saturated heterocycles. The Labute approximate surface area is 125 Å². The zero-order valence-electron chi connectivity index (χ0n) is 11.1. The highest BCUT2D eigenvalue weighted by molar-refractivity contribution is 9.10. The van der Waals surface area contributed by atoms with Crippen molar-refractivity contribution in [1.29, 1.82) is 0 Å². The Bertz CT molecular complexity index is 585. The molecular formula is C13H16BrN5O. The molecule has 1 aliphatic rings. The van der Waals surface area contributed by atoms with E-state index in [1.165, 1.54) is 0 Å². The Morgan fingerprint density at radius 1 is 1.35 bits per heavy atom. The van der Waals surface area contributed by atoms with Crippen LogP contribution in [-0.4, -0.2) is 44.0 Å². The average molecular weight is 338 g/mol. The quantitative estimate of drug-likeness (QED) is 0.917. The molecule has 0 amide bonds. The van der Waals surface area contributed by atoms with E-state index in [0.717, 1.165) is 29.0 Å². The zero-order chi connectivity index (χ0) is 14.1. The van der Waals surface area contributed by atoms with Crippen molar-refractivity contribution >= 4 is 21.9 Å². The lowest BCUT2D eigenvalue weighted by molar-refractivity contribution is 0.170. The number of aliphatic hydroxyl groups is 1. The predicted molar refractivity (Wildman–Crippen MR) is 78.5 cm³/mol. The van der Waals surface area contributed by atoms with Crippen molar-refractivity contribution in [2.24, 2.45) is 0 Å². The summed E-state index contributed by atoms with van der Waals surface area (Å²) in [6.07, 6.45) is 0.444. The highest BCUT2D eigenvalue weighted by atomic mass is 79.9. The van der Waals surface area contributed by atoms with Crippen LogP contribution in [-0.2, 0) is 6.54 Å². The van der Waals surface area contributed by atoms with Gasteiger partial charge in [0.15, 0.2) is 0 Å². The first-order valence-corrected chi connectivity index (χ1v) is 7.40. The largest absolute Gasteiger partial charge is 0.391 e. The Morgan fingerprint density at radius 3 is 2.75 bits per heavy atom. The minimum absolute atomic E-state index is 0.0460. The first kappa shape index (κ1) is 13.5. The minimum atomic E-state index is -0.312. The van der Waals surface area contributed by atoms with E-state index >= 15 is 0 Å². The molecule has 106 valence electrons. The summed E-state index contributed by atoms with van der Waals surface area (Å²) in [5.41, 5.74) is 1.13. The van der Waals surface area contributed by atoms with Gasteiger partial charge >= 0.3 is 0 Å². The fraction of sp³-hybridized carbons (Fsp3) is 0.462. The molecule has 3 rings (SSSR count). The standard InChI is InChI=1S/C13H16BrN5O/c1-9-12(20)6-7-18(9)13-15-16-17-19(13)8-10-2-4-11(14)5-3-10/h2-5,9,12,20H,6-8H2,1H3/t9-,12-/m1/s1. The molecule has 2 heterocycles. The van der Waals surface area contributed by atoms with Crippen molar-refractivity contribution in [3.8, 4) is 0 Å². The molecule has 1 fully saturated rings. The molecule has 1 aromatic carbocycles. The van der Waals surface area contributed by atoms with Crippen molar-refractivity contribution in [2.45, 2.75) is 32.0 Å². The monoisotopic (exact) mass is 337 g/mol. The van der Waals surface area contributed by atoms with Gasteiger partial charge in [0.25, 0.3) is 0 Å². The second-order valence-electron chi connectivity index (χ2n) is 5.05. The van der Waals surface area contributed by atoms with Crippen molar-refractivity contribution < 1.29 is 5.11 Å². The van der Waals surface area contributed by atoms with Gasteiger partial charge in [-0.15, -0.1) is 0 Å². The average Bonchev–Trinajstić information content (AvgIpc) is 3.01. The summed E-state index contributed by atoms with van der Waals surface area (Å²) in [4.78, 5) is 2.06. The molecule has 20 heavy (non-hydrogen) atoms. The van der Waals surface area contributed by atoms with Crippen LogP contribution in [0.25, 0.3) is 0 Å². The van der Waals surface area contributed by atoms with Gasteiger partial charge in [-0.05, 0) is 41.5 Å². The van der Waals surface area contributed by atoms with Crippen LogP contribution in [0.5, 0.6) is 0 Å². The fourth-order valence-corrected chi connectivity index (χ4v) is 2.74. The number of aromatic nitrogens is 4. The molecule has 7 heteroatoms. The molecule has 1 N–H and O–H groups in total. The predicted octanol–water partition coefficient (Wildman–Crippen LogP) is 1.44. The van der Waals surface area contributed by atoms with Gasteiger partial charge in [0, 0.05) is 11.0 Å². The molecule has 0 radical (unpaired) electrons. The van der Waals surface area contributed by atoms with Crippen molar-refractivity contribution in [3.05, 3.63) is 34.3 Å². The van der Waals surface area contributed by atoms with Crippen LogP contribution in [0.3, 0.4) is 0 Å². The van der Waals surface area contributed by atoms with E-state index in [1.54, 1.807) is 4.68 Å². The first-order chi connectivity index (χ1) is 9.65. The third-order valence-electron chi connectivity index (χ3n) is 3.73. The van der Waals surface area contributed by atoms with Gasteiger partial charge in [0.1, 0.15) is 0 Å². The molecule has 0 saturated carbocycles. The molecule has 2 aromatic rings. The number of tetrazole rings is 1. The number of benzene rings is 1. The van der Waals surface area contributed by atoms with E-state index in [0.29, 0.717) is 6.54 Å². The summed E-state index contributed by atoms with van der Waals surface area (Å²) in [5.74, 6) is 0.719. The zero-order valence-corrected chi connectivity index (χ0v) is 12.7. The lowest BCUT2D eigenvalue weighted by Gasteiger charge is -2.22. The van der Waals surface area contributed by atoms with Gasteiger partial charge in [0.05, 0.1) is 18.7 Å². The summed E-state index contributed by atoms with van der Waals surface area (Å²) in [6.45, 7) is 3.40. The highest BCUT2D eigenvalue weighted by Crippen LogP contribution is 2.23. The lowest BCUT2D eigenvalue weighted by Crippen LogP contribution is -2.34. The molecule has 0 aliphatic carbocycles. The van der Waals surface area contributed by atoms with Crippen molar-refractivity contribution in [3.63, 3.8) is 0 Å². The van der Waals surface area contributed by atoms with Crippen molar-refractivity contribution in [1.82, 2.24) is 20.2 Å². The van der Waals surface area contributed by atoms with E-state index in [-0.39, 0.29) is 12.1 Å². The Kier molecular flexibility index (Phi) is 3.71. The Balaban J connectivity index is 1.82. The molecule has 1 aliphatic heterocycles. The molecule has 1 aromatic heterocycles. The number of halogens is 1. The topological polar surface area (TPSA) is 67.1 Å². The van der Waals surface area contributed by atoms with E-state index in [4.69, 9.17) is 0 Å². The molecule has 0 spiro atoms. The van der Waals surface area contributed by atoms with Gasteiger partial charge in [-0.25, -0.2) is 4.68 Å². The fourth-order valence-electron chi connectivity index (χ4n) is 2.48. The van der Waals surface area contributed by atoms with E-state index in [2.05, 4.69) is 36.4 Å². The van der Waals surface area contributed by atoms with Crippen LogP contribution in [0.1, 0.15) is 18.9 Å². The van der Waals surface area contributed by atoms with Gasteiger partial charge in [-0.1, -0.05) is 33.2 Å². The Morgan fingerprint density at radius 2 is 2.10 bits per heavy atom. The smallest absolute Gasteiger partial charge is 0.246 e.